The Hall–Kier alpha value is -6.69. The van der Waals surface area contributed by atoms with Crippen LogP contribution in [0.3, 0.4) is 0 Å². The van der Waals surface area contributed by atoms with Gasteiger partial charge in [0.05, 0.1) is 37.0 Å². The second kappa shape index (κ2) is 15.7. The highest BCUT2D eigenvalue weighted by molar-refractivity contribution is 5.98. The molecule has 5 aromatic carbocycles. The summed E-state index contributed by atoms with van der Waals surface area (Å²) < 4.78 is 14.3. The summed E-state index contributed by atoms with van der Waals surface area (Å²) in [5, 5.41) is 14.1. The molecule has 0 aliphatic carbocycles. The molecule has 1 unspecified atom stereocenters. The fraction of sp³-hybridized carbons (Fsp3) is 0.119. The van der Waals surface area contributed by atoms with E-state index in [4.69, 9.17) is 9.47 Å². The maximum atomic E-state index is 13.9. The van der Waals surface area contributed by atoms with Crippen molar-refractivity contribution >= 4 is 40.5 Å². The maximum Gasteiger partial charge on any atom is 0.425 e. The van der Waals surface area contributed by atoms with E-state index < -0.39 is 23.7 Å². The number of anilines is 3. The highest BCUT2D eigenvalue weighted by Gasteiger charge is 2.38. The molecule has 53 heavy (non-hydrogen) atoms. The smallest absolute Gasteiger partial charge is 0.389 e. The molecule has 2 amide bonds. The Labute approximate surface area is 306 Å². The fourth-order valence-electron chi connectivity index (χ4n) is 6.25. The van der Waals surface area contributed by atoms with Gasteiger partial charge in [-0.1, -0.05) is 127 Å². The summed E-state index contributed by atoms with van der Waals surface area (Å²) in [7, 11) is 0. The minimum atomic E-state index is -1.04. The van der Waals surface area contributed by atoms with Crippen molar-refractivity contribution in [2.45, 2.75) is 25.2 Å². The number of ether oxygens (including phenoxy) is 2. The first-order valence-corrected chi connectivity index (χ1v) is 17.0. The van der Waals surface area contributed by atoms with Crippen molar-refractivity contribution in [2.24, 2.45) is 0 Å². The lowest BCUT2D eigenvalue weighted by molar-refractivity contribution is -0.114. The number of hydrogen-bond acceptors (Lipinski definition) is 8. The Kier molecular flexibility index (Phi) is 10.3. The molecule has 0 saturated heterocycles. The number of nitrogens with one attached hydrogen (secondary N) is 1. The van der Waals surface area contributed by atoms with Crippen molar-refractivity contribution in [1.82, 2.24) is 19.5 Å². The Balaban J connectivity index is 1.20. The summed E-state index contributed by atoms with van der Waals surface area (Å²) in [4.78, 5) is 40.7. The number of imidazole rings is 1. The van der Waals surface area contributed by atoms with E-state index in [1.165, 1.54) is 18.2 Å². The lowest BCUT2D eigenvalue weighted by Gasteiger charge is -2.36. The average Bonchev–Trinajstić information content (AvgIpc) is 3.59. The van der Waals surface area contributed by atoms with Crippen LogP contribution in [-0.4, -0.2) is 49.3 Å². The largest absolute Gasteiger partial charge is 0.425 e. The standard InChI is InChI=1S/C42H36N6O5/c1-30(49)44-40-45-38-37(39(46-40)53-41(51)48(34-23-13-5-14-24-34)35-25-15-6-16-26-35)43-29-47(38)27-36(50)28-52-42(31-17-7-2-8-18-31,32-19-9-3-10-20-32)33-21-11-4-12-22-33/h2-26,29,36,50H,27-28H2,1H3,(H,44,45,46,49). The number of nitrogens with zero attached hydrogens (tertiary/aromatic N) is 5. The van der Waals surface area contributed by atoms with E-state index in [2.05, 4.69) is 20.3 Å². The summed E-state index contributed by atoms with van der Waals surface area (Å²) >= 11 is 0. The normalized spacial score (nSPS) is 11.9. The van der Waals surface area contributed by atoms with Gasteiger partial charge in [-0.15, -0.1) is 0 Å². The number of benzene rings is 5. The van der Waals surface area contributed by atoms with Crippen LogP contribution < -0.4 is 15.0 Å². The van der Waals surface area contributed by atoms with Crippen LogP contribution in [0.5, 0.6) is 5.88 Å². The van der Waals surface area contributed by atoms with Crippen LogP contribution in [0.15, 0.2) is 158 Å². The summed E-state index contributed by atoms with van der Waals surface area (Å²) in [5.74, 6) is -0.681. The first kappa shape index (κ1) is 34.7. The Morgan fingerprint density at radius 3 is 1.68 bits per heavy atom. The third-order valence-corrected chi connectivity index (χ3v) is 8.56. The summed E-state index contributed by atoms with van der Waals surface area (Å²) in [5.41, 5.74) is 3.20. The number of aliphatic hydroxyl groups excluding tert-OH is 1. The van der Waals surface area contributed by atoms with Crippen molar-refractivity contribution in [1.29, 1.82) is 0 Å². The molecule has 0 radical (unpaired) electrons. The highest BCUT2D eigenvalue weighted by Crippen LogP contribution is 2.40. The van der Waals surface area contributed by atoms with Gasteiger partial charge in [-0.3, -0.25) is 10.1 Å². The topological polar surface area (TPSA) is 132 Å². The third-order valence-electron chi connectivity index (χ3n) is 8.56. The third kappa shape index (κ3) is 7.52. The number of amides is 2. The van der Waals surface area contributed by atoms with Gasteiger partial charge in [-0.05, 0) is 41.0 Å². The molecular formula is C42H36N6O5. The first-order valence-electron chi connectivity index (χ1n) is 17.0. The van der Waals surface area contributed by atoms with Gasteiger partial charge < -0.3 is 19.1 Å². The SMILES string of the molecule is CC(=O)Nc1nc(OC(=O)N(c2ccccc2)c2ccccc2)c2ncn(CC(O)COC(c3ccccc3)(c3ccccc3)c3ccccc3)c2n1. The Morgan fingerprint density at radius 1 is 0.736 bits per heavy atom. The Morgan fingerprint density at radius 2 is 1.21 bits per heavy atom. The van der Waals surface area contributed by atoms with E-state index >= 15 is 0 Å². The number of carbonyl (C=O) groups excluding carboxylic acids is 2. The van der Waals surface area contributed by atoms with Gasteiger partial charge in [0, 0.05) is 6.92 Å². The average molecular weight is 705 g/mol. The van der Waals surface area contributed by atoms with Crippen molar-refractivity contribution < 1.29 is 24.2 Å². The molecule has 11 heteroatoms. The lowest BCUT2D eigenvalue weighted by atomic mass is 9.80. The molecule has 0 spiro atoms. The molecule has 7 rings (SSSR count). The molecule has 1 atom stereocenters. The minimum Gasteiger partial charge on any atom is -0.389 e. The van der Waals surface area contributed by atoms with Gasteiger partial charge in [0.2, 0.25) is 11.9 Å². The van der Waals surface area contributed by atoms with E-state index in [-0.39, 0.29) is 36.1 Å². The van der Waals surface area contributed by atoms with Gasteiger partial charge in [0.25, 0.3) is 5.88 Å². The molecule has 2 N–H and O–H groups in total. The fourth-order valence-corrected chi connectivity index (χ4v) is 6.25. The molecule has 0 saturated carbocycles. The van der Waals surface area contributed by atoms with Gasteiger partial charge in [0.15, 0.2) is 11.2 Å². The summed E-state index contributed by atoms with van der Waals surface area (Å²) in [6.07, 6.45) is -0.319. The number of aliphatic hydroxyl groups is 1. The van der Waals surface area contributed by atoms with Crippen LogP contribution in [0.2, 0.25) is 0 Å². The lowest BCUT2D eigenvalue weighted by Crippen LogP contribution is -2.36. The van der Waals surface area contributed by atoms with E-state index in [9.17, 15) is 14.7 Å². The van der Waals surface area contributed by atoms with Crippen molar-refractivity contribution in [3.05, 3.63) is 175 Å². The summed E-state index contributed by atoms with van der Waals surface area (Å²) in [6.45, 7) is 1.25. The van der Waals surface area contributed by atoms with Gasteiger partial charge in [-0.25, -0.2) is 14.7 Å². The molecule has 0 aliphatic heterocycles. The Bertz CT molecular complexity index is 2150. The van der Waals surface area contributed by atoms with E-state index in [1.54, 1.807) is 28.8 Å². The van der Waals surface area contributed by atoms with Gasteiger partial charge >= 0.3 is 6.09 Å². The molecule has 0 bridgehead atoms. The predicted molar refractivity (Wildman–Crippen MR) is 202 cm³/mol. The zero-order chi connectivity index (χ0) is 36.6. The monoisotopic (exact) mass is 704 g/mol. The quantitative estimate of drug-likeness (QED) is 0.125. The zero-order valence-corrected chi connectivity index (χ0v) is 28.8. The van der Waals surface area contributed by atoms with Crippen LogP contribution in [0.4, 0.5) is 22.1 Å². The number of fused-ring (bicyclic) bond motifs is 1. The van der Waals surface area contributed by atoms with E-state index in [0.717, 1.165) is 16.7 Å². The molecule has 264 valence electrons. The van der Waals surface area contributed by atoms with Crippen molar-refractivity contribution in [3.63, 3.8) is 0 Å². The molecule has 0 aliphatic rings. The van der Waals surface area contributed by atoms with Crippen molar-refractivity contribution in [2.75, 3.05) is 16.8 Å². The molecule has 2 aromatic heterocycles. The van der Waals surface area contributed by atoms with Crippen LogP contribution >= 0.6 is 0 Å². The number of aromatic nitrogens is 4. The van der Waals surface area contributed by atoms with E-state index in [1.807, 2.05) is 127 Å². The molecule has 2 heterocycles. The van der Waals surface area contributed by atoms with Crippen LogP contribution in [0, 0.1) is 0 Å². The number of para-hydroxylation sites is 2. The highest BCUT2D eigenvalue weighted by atomic mass is 16.6. The van der Waals surface area contributed by atoms with Gasteiger partial charge in [-0.2, -0.15) is 9.97 Å². The molecule has 0 fully saturated rings. The zero-order valence-electron chi connectivity index (χ0n) is 28.8. The maximum absolute atomic E-state index is 13.9. The molecular weight excluding hydrogens is 668 g/mol. The predicted octanol–water partition coefficient (Wildman–Crippen LogP) is 7.49. The summed E-state index contributed by atoms with van der Waals surface area (Å²) in [6, 6.07) is 47.8. The number of rotatable bonds is 12. The van der Waals surface area contributed by atoms with Gasteiger partial charge in [0.1, 0.15) is 5.60 Å². The van der Waals surface area contributed by atoms with Crippen LogP contribution in [-0.2, 0) is 21.7 Å². The first-order chi connectivity index (χ1) is 25.9. The number of carbonyl (C=O) groups is 2. The van der Waals surface area contributed by atoms with E-state index in [0.29, 0.717) is 11.4 Å². The minimum absolute atomic E-state index is 0.00894. The molecule has 7 aromatic rings. The molecule has 11 nitrogen and oxygen atoms in total. The van der Waals surface area contributed by atoms with Crippen LogP contribution in [0.1, 0.15) is 23.6 Å². The van der Waals surface area contributed by atoms with Crippen molar-refractivity contribution in [3.8, 4) is 5.88 Å². The number of hydrogen-bond donors (Lipinski definition) is 2. The van der Waals surface area contributed by atoms with Crippen LogP contribution in [0.25, 0.3) is 11.2 Å². The second-order valence-corrected chi connectivity index (χ2v) is 12.2. The second-order valence-electron chi connectivity index (χ2n) is 12.2.